The standard InChI is InChI=1S/C22H30N4/c1-2-19-4-6-20(7-5-19)24-14-16-25(17-15-24)21-8-10-22(11-9-21)26-13-3-12-23-18-26/h1,3,8-11,13,19-20,23H,4-7,12,14-18H2. The van der Waals surface area contributed by atoms with E-state index in [0.717, 1.165) is 32.3 Å². The Labute approximate surface area is 157 Å². The molecule has 2 aliphatic heterocycles. The van der Waals surface area contributed by atoms with Gasteiger partial charge < -0.3 is 9.80 Å². The average molecular weight is 351 g/mol. The van der Waals surface area contributed by atoms with Crippen LogP contribution in [0.3, 0.4) is 0 Å². The molecule has 0 atom stereocenters. The van der Waals surface area contributed by atoms with E-state index in [-0.39, 0.29) is 0 Å². The second-order valence-electron chi connectivity index (χ2n) is 7.68. The molecule has 0 amide bonds. The highest BCUT2D eigenvalue weighted by atomic mass is 15.3. The number of nitrogens with one attached hydrogen (secondary N) is 1. The molecule has 4 rings (SSSR count). The van der Waals surface area contributed by atoms with Gasteiger partial charge in [-0.3, -0.25) is 10.2 Å². The highest BCUT2D eigenvalue weighted by Crippen LogP contribution is 2.29. The molecule has 1 N–H and O–H groups in total. The minimum absolute atomic E-state index is 0.524. The van der Waals surface area contributed by atoms with E-state index in [1.807, 2.05) is 0 Å². The fourth-order valence-electron chi connectivity index (χ4n) is 4.49. The molecule has 26 heavy (non-hydrogen) atoms. The molecule has 0 spiro atoms. The molecule has 2 heterocycles. The average Bonchev–Trinajstić information content (AvgIpc) is 2.75. The van der Waals surface area contributed by atoms with Gasteiger partial charge in [0.2, 0.25) is 0 Å². The zero-order valence-electron chi connectivity index (χ0n) is 15.6. The summed E-state index contributed by atoms with van der Waals surface area (Å²) in [6, 6.07) is 9.76. The lowest BCUT2D eigenvalue weighted by Gasteiger charge is -2.42. The maximum Gasteiger partial charge on any atom is 0.0728 e. The molecule has 1 saturated carbocycles. The first-order valence-corrected chi connectivity index (χ1v) is 10.0. The molecule has 0 radical (unpaired) electrons. The van der Waals surface area contributed by atoms with Crippen LogP contribution in [0, 0.1) is 18.3 Å². The molecule has 0 unspecified atom stereocenters. The van der Waals surface area contributed by atoms with Gasteiger partial charge in [0.1, 0.15) is 0 Å². The molecule has 1 aliphatic carbocycles. The van der Waals surface area contributed by atoms with Gasteiger partial charge in [-0.05, 0) is 49.9 Å². The van der Waals surface area contributed by atoms with E-state index < -0.39 is 0 Å². The second kappa shape index (κ2) is 8.16. The lowest BCUT2D eigenvalue weighted by Crippen LogP contribution is -2.51. The number of hydrogen-bond acceptors (Lipinski definition) is 4. The lowest BCUT2D eigenvalue weighted by atomic mass is 9.85. The summed E-state index contributed by atoms with van der Waals surface area (Å²) in [7, 11) is 0. The summed E-state index contributed by atoms with van der Waals surface area (Å²) in [6.45, 7) is 6.44. The van der Waals surface area contributed by atoms with Gasteiger partial charge >= 0.3 is 0 Å². The molecule has 1 saturated heterocycles. The van der Waals surface area contributed by atoms with Gasteiger partial charge in [0.05, 0.1) is 6.67 Å². The summed E-state index contributed by atoms with van der Waals surface area (Å²) in [6.07, 6.45) is 14.9. The molecule has 0 aromatic heterocycles. The topological polar surface area (TPSA) is 21.8 Å². The molecule has 138 valence electrons. The summed E-state index contributed by atoms with van der Waals surface area (Å²) in [5.41, 5.74) is 2.60. The monoisotopic (exact) mass is 350 g/mol. The van der Waals surface area contributed by atoms with E-state index >= 15 is 0 Å². The van der Waals surface area contributed by atoms with Gasteiger partial charge in [0.15, 0.2) is 0 Å². The van der Waals surface area contributed by atoms with Crippen molar-refractivity contribution in [3.63, 3.8) is 0 Å². The molecule has 1 aromatic rings. The summed E-state index contributed by atoms with van der Waals surface area (Å²) < 4.78 is 0. The van der Waals surface area contributed by atoms with E-state index in [4.69, 9.17) is 6.42 Å². The van der Waals surface area contributed by atoms with Crippen LogP contribution in [0.4, 0.5) is 11.4 Å². The van der Waals surface area contributed by atoms with E-state index in [0.29, 0.717) is 5.92 Å². The zero-order valence-corrected chi connectivity index (χ0v) is 15.6. The van der Waals surface area contributed by atoms with Crippen molar-refractivity contribution in [1.29, 1.82) is 0 Å². The predicted molar refractivity (Wildman–Crippen MR) is 109 cm³/mol. The van der Waals surface area contributed by atoms with Crippen LogP contribution in [0.15, 0.2) is 36.5 Å². The minimum Gasteiger partial charge on any atom is -0.369 e. The largest absolute Gasteiger partial charge is 0.369 e. The van der Waals surface area contributed by atoms with Crippen molar-refractivity contribution < 1.29 is 0 Å². The Bertz CT molecular complexity index is 644. The Kier molecular flexibility index (Phi) is 5.48. The van der Waals surface area contributed by atoms with Gasteiger partial charge in [0, 0.05) is 62.3 Å². The quantitative estimate of drug-likeness (QED) is 0.846. The van der Waals surface area contributed by atoms with Crippen molar-refractivity contribution in [2.45, 2.75) is 31.7 Å². The third kappa shape index (κ3) is 3.90. The zero-order chi connectivity index (χ0) is 17.8. The first-order valence-electron chi connectivity index (χ1n) is 10.0. The van der Waals surface area contributed by atoms with Crippen molar-refractivity contribution in [2.75, 3.05) is 49.2 Å². The summed E-state index contributed by atoms with van der Waals surface area (Å²) in [5.74, 6) is 3.47. The number of nitrogens with zero attached hydrogens (tertiary/aromatic N) is 3. The maximum atomic E-state index is 5.59. The fourth-order valence-corrected chi connectivity index (χ4v) is 4.49. The van der Waals surface area contributed by atoms with Crippen molar-refractivity contribution in [3.8, 4) is 12.3 Å². The summed E-state index contributed by atoms with van der Waals surface area (Å²) in [4.78, 5) is 7.47. The molecular formula is C22H30N4. The van der Waals surface area contributed by atoms with Gasteiger partial charge in [-0.1, -0.05) is 6.08 Å². The molecule has 4 heteroatoms. The number of terminal acetylenes is 1. The minimum atomic E-state index is 0.524. The van der Waals surface area contributed by atoms with E-state index in [1.54, 1.807) is 0 Å². The van der Waals surface area contributed by atoms with Gasteiger partial charge in [-0.15, -0.1) is 12.3 Å². The smallest absolute Gasteiger partial charge is 0.0728 e. The number of benzene rings is 1. The number of rotatable bonds is 3. The van der Waals surface area contributed by atoms with Crippen LogP contribution in [-0.2, 0) is 0 Å². The van der Waals surface area contributed by atoms with Crippen LogP contribution in [0.1, 0.15) is 25.7 Å². The van der Waals surface area contributed by atoms with E-state index in [2.05, 4.69) is 62.5 Å². The Morgan fingerprint density at radius 3 is 2.23 bits per heavy atom. The Hall–Kier alpha value is -1.96. The fraction of sp³-hybridized carbons (Fsp3) is 0.545. The van der Waals surface area contributed by atoms with E-state index in [1.165, 1.54) is 50.1 Å². The molecule has 4 nitrogen and oxygen atoms in total. The van der Waals surface area contributed by atoms with Gasteiger partial charge in [-0.2, -0.15) is 0 Å². The van der Waals surface area contributed by atoms with Gasteiger partial charge in [0.25, 0.3) is 0 Å². The molecular weight excluding hydrogens is 320 g/mol. The molecule has 1 aromatic carbocycles. The van der Waals surface area contributed by atoms with Crippen LogP contribution in [0.5, 0.6) is 0 Å². The third-order valence-electron chi connectivity index (χ3n) is 6.14. The maximum absolute atomic E-state index is 5.59. The Balaban J connectivity index is 1.30. The van der Waals surface area contributed by atoms with Crippen molar-refractivity contribution in [3.05, 3.63) is 36.5 Å². The number of piperazine rings is 1. The van der Waals surface area contributed by atoms with E-state index in [9.17, 15) is 0 Å². The third-order valence-corrected chi connectivity index (χ3v) is 6.14. The highest BCUT2D eigenvalue weighted by molar-refractivity contribution is 5.58. The summed E-state index contributed by atoms with van der Waals surface area (Å²) in [5, 5.41) is 3.37. The van der Waals surface area contributed by atoms with Crippen molar-refractivity contribution >= 4 is 11.4 Å². The Morgan fingerprint density at radius 2 is 1.62 bits per heavy atom. The normalized spacial score (nSPS) is 27.3. The molecule has 0 bridgehead atoms. The van der Waals surface area contributed by atoms with Crippen LogP contribution < -0.4 is 15.1 Å². The van der Waals surface area contributed by atoms with Crippen molar-refractivity contribution in [1.82, 2.24) is 10.2 Å². The van der Waals surface area contributed by atoms with Crippen LogP contribution >= 0.6 is 0 Å². The number of hydrogen-bond donors (Lipinski definition) is 1. The lowest BCUT2D eigenvalue weighted by molar-refractivity contribution is 0.139. The first kappa shape index (κ1) is 17.5. The van der Waals surface area contributed by atoms with Crippen LogP contribution in [0.2, 0.25) is 0 Å². The Morgan fingerprint density at radius 1 is 0.923 bits per heavy atom. The predicted octanol–water partition coefficient (Wildman–Crippen LogP) is 2.88. The van der Waals surface area contributed by atoms with Crippen LogP contribution in [0.25, 0.3) is 0 Å². The SMILES string of the molecule is C#CC1CCC(N2CCN(c3ccc(N4C=CCNC4)cc3)CC2)CC1. The summed E-state index contributed by atoms with van der Waals surface area (Å²) >= 11 is 0. The van der Waals surface area contributed by atoms with Crippen molar-refractivity contribution in [2.24, 2.45) is 5.92 Å². The first-order chi connectivity index (χ1) is 12.8. The molecule has 3 aliphatic rings. The second-order valence-corrected chi connectivity index (χ2v) is 7.68. The van der Waals surface area contributed by atoms with Gasteiger partial charge in [-0.25, -0.2) is 0 Å². The van der Waals surface area contributed by atoms with Crippen LogP contribution in [-0.4, -0.2) is 50.3 Å². The highest BCUT2D eigenvalue weighted by Gasteiger charge is 2.27. The number of anilines is 2. The molecule has 2 fully saturated rings.